The molecule has 1 aromatic carbocycles. The number of carbonyl (C=O) groups is 1. The van der Waals surface area contributed by atoms with Gasteiger partial charge in [-0.25, -0.2) is 4.79 Å². The highest BCUT2D eigenvalue weighted by Gasteiger charge is 2.03. The van der Waals surface area contributed by atoms with Crippen molar-refractivity contribution in [1.29, 1.82) is 0 Å². The van der Waals surface area contributed by atoms with Gasteiger partial charge in [-0.15, -0.1) is 0 Å². The summed E-state index contributed by atoms with van der Waals surface area (Å²) in [5.41, 5.74) is 3.20. The van der Waals surface area contributed by atoms with E-state index in [1.165, 1.54) is 12.1 Å². The van der Waals surface area contributed by atoms with Gasteiger partial charge in [0.15, 0.2) is 0 Å². The molecule has 0 atom stereocenters. The molecule has 5 heteroatoms. The summed E-state index contributed by atoms with van der Waals surface area (Å²) < 4.78 is 0. The van der Waals surface area contributed by atoms with Crippen molar-refractivity contribution in [3.63, 3.8) is 0 Å². The number of rotatable bonds is 7. The first-order chi connectivity index (χ1) is 10.4. The first kappa shape index (κ1) is 17.4. The topological polar surface area (TPSA) is 65.3 Å². The van der Waals surface area contributed by atoms with Crippen LogP contribution in [0.1, 0.15) is 24.2 Å². The molecule has 22 heavy (non-hydrogen) atoms. The average molecular weight is 299 g/mol. The Bertz CT molecular complexity index is 613. The second-order valence-corrected chi connectivity index (χ2v) is 4.89. The molecule has 0 aliphatic carbocycles. The van der Waals surface area contributed by atoms with Crippen LogP contribution in [0.25, 0.3) is 0 Å². The molecule has 0 aliphatic heterocycles. The maximum Gasteiger partial charge on any atom is 0.335 e. The minimum Gasteiger partial charge on any atom is -0.478 e. The number of nitrogens with zero attached hydrogens (tertiary/aromatic N) is 3. The Balaban J connectivity index is 2.62. The summed E-state index contributed by atoms with van der Waals surface area (Å²) in [5, 5.41) is 18.7. The van der Waals surface area contributed by atoms with Crippen molar-refractivity contribution in [2.45, 2.75) is 13.8 Å². The van der Waals surface area contributed by atoms with Crippen LogP contribution in [0.3, 0.4) is 0 Å². The van der Waals surface area contributed by atoms with Crippen LogP contribution in [0, 0.1) is 0 Å². The van der Waals surface area contributed by atoms with Crippen LogP contribution in [-0.2, 0) is 0 Å². The van der Waals surface area contributed by atoms with Crippen LogP contribution in [0.15, 0.2) is 70.6 Å². The molecule has 1 rings (SSSR count). The number of hydrogen-bond acceptors (Lipinski definition) is 3. The van der Waals surface area contributed by atoms with Gasteiger partial charge in [-0.3, -0.25) is 5.01 Å². The van der Waals surface area contributed by atoms with E-state index in [0.717, 1.165) is 16.8 Å². The van der Waals surface area contributed by atoms with Crippen LogP contribution in [0.5, 0.6) is 0 Å². The van der Waals surface area contributed by atoms with Gasteiger partial charge in [0.25, 0.3) is 0 Å². The Kier molecular flexibility index (Phi) is 6.76. The molecule has 0 aromatic heterocycles. The van der Waals surface area contributed by atoms with Gasteiger partial charge in [0, 0.05) is 7.05 Å². The maximum atomic E-state index is 10.8. The van der Waals surface area contributed by atoms with E-state index in [1.54, 1.807) is 30.3 Å². The zero-order valence-corrected chi connectivity index (χ0v) is 13.2. The molecule has 1 aromatic rings. The van der Waals surface area contributed by atoms with E-state index in [9.17, 15) is 4.79 Å². The number of carboxylic acid groups (broad SMARTS) is 1. The standard InChI is InChI=1S/C17H21N3O2/c1-5-13(2)6-7-14(3)12-18-19-20(4)16-10-8-15(9-11-16)17(21)22/h5-11H,1,12H2,2-4H3,(H,21,22)/b13-6-,14-7+,19-18?. The molecule has 0 aliphatic rings. The molecule has 0 radical (unpaired) electrons. The smallest absolute Gasteiger partial charge is 0.335 e. The number of anilines is 1. The zero-order chi connectivity index (χ0) is 16.5. The predicted octanol–water partition coefficient (Wildman–Crippen LogP) is 4.27. The Morgan fingerprint density at radius 3 is 2.45 bits per heavy atom. The molecule has 5 nitrogen and oxygen atoms in total. The summed E-state index contributed by atoms with van der Waals surface area (Å²) in [6.07, 6.45) is 5.75. The highest BCUT2D eigenvalue weighted by molar-refractivity contribution is 5.88. The van der Waals surface area contributed by atoms with Gasteiger partial charge >= 0.3 is 5.97 Å². The molecule has 0 fully saturated rings. The fraction of sp³-hybridized carbons (Fsp3) is 0.235. The number of benzene rings is 1. The molecule has 116 valence electrons. The number of aromatic carboxylic acids is 1. The molecule has 0 spiro atoms. The maximum absolute atomic E-state index is 10.8. The number of allylic oxidation sites excluding steroid dienone is 4. The highest BCUT2D eigenvalue weighted by atomic mass is 16.4. The van der Waals surface area contributed by atoms with E-state index >= 15 is 0 Å². The van der Waals surface area contributed by atoms with Gasteiger partial charge in [0.05, 0.1) is 17.8 Å². The third-order valence-electron chi connectivity index (χ3n) is 2.96. The van der Waals surface area contributed by atoms with Crippen LogP contribution >= 0.6 is 0 Å². The van der Waals surface area contributed by atoms with Crippen LogP contribution < -0.4 is 5.01 Å². The van der Waals surface area contributed by atoms with Crippen molar-refractivity contribution >= 4 is 11.7 Å². The lowest BCUT2D eigenvalue weighted by atomic mass is 10.2. The van der Waals surface area contributed by atoms with Gasteiger partial charge in [-0.1, -0.05) is 41.2 Å². The highest BCUT2D eigenvalue weighted by Crippen LogP contribution is 2.14. The predicted molar refractivity (Wildman–Crippen MR) is 89.2 cm³/mol. The second-order valence-electron chi connectivity index (χ2n) is 4.89. The minimum atomic E-state index is -0.945. The van der Waals surface area contributed by atoms with Crippen molar-refractivity contribution in [2.75, 3.05) is 18.6 Å². The van der Waals surface area contributed by atoms with Crippen molar-refractivity contribution in [3.8, 4) is 0 Å². The molecule has 0 saturated carbocycles. The monoisotopic (exact) mass is 299 g/mol. The van der Waals surface area contributed by atoms with Gasteiger partial charge in [-0.05, 0) is 38.1 Å². The van der Waals surface area contributed by atoms with E-state index < -0.39 is 5.97 Å². The van der Waals surface area contributed by atoms with Gasteiger partial charge < -0.3 is 5.11 Å². The Morgan fingerprint density at radius 2 is 1.91 bits per heavy atom. The van der Waals surface area contributed by atoms with E-state index in [4.69, 9.17) is 5.11 Å². The summed E-state index contributed by atoms with van der Waals surface area (Å²) in [6, 6.07) is 6.47. The Morgan fingerprint density at radius 1 is 1.27 bits per heavy atom. The quantitative estimate of drug-likeness (QED) is 0.464. The molecule has 0 amide bonds. The number of hydrogen-bond donors (Lipinski definition) is 1. The summed E-state index contributed by atoms with van der Waals surface area (Å²) in [7, 11) is 1.76. The lowest BCUT2D eigenvalue weighted by Crippen LogP contribution is -2.08. The van der Waals surface area contributed by atoms with E-state index in [1.807, 2.05) is 26.0 Å². The minimum absolute atomic E-state index is 0.247. The molecule has 0 unspecified atom stereocenters. The molecule has 0 bridgehead atoms. The largest absolute Gasteiger partial charge is 0.478 e. The molecule has 0 saturated heterocycles. The van der Waals surface area contributed by atoms with Crippen LogP contribution in [-0.4, -0.2) is 24.7 Å². The van der Waals surface area contributed by atoms with E-state index in [0.29, 0.717) is 6.54 Å². The molecule has 1 N–H and O–H groups in total. The molecule has 0 heterocycles. The SMILES string of the molecule is C=C/C(C)=C\C=C(/C)CN=NN(C)c1ccc(C(=O)O)cc1. The summed E-state index contributed by atoms with van der Waals surface area (Å²) in [5.74, 6) is -0.945. The average Bonchev–Trinajstić information content (AvgIpc) is 2.52. The molecular weight excluding hydrogens is 278 g/mol. The van der Waals surface area contributed by atoms with Crippen LogP contribution in [0.2, 0.25) is 0 Å². The third-order valence-corrected chi connectivity index (χ3v) is 2.96. The lowest BCUT2D eigenvalue weighted by Gasteiger charge is -2.11. The van der Waals surface area contributed by atoms with Crippen molar-refractivity contribution in [1.82, 2.24) is 0 Å². The first-order valence-corrected chi connectivity index (χ1v) is 6.85. The van der Waals surface area contributed by atoms with Crippen molar-refractivity contribution in [3.05, 3.63) is 65.8 Å². The normalized spacial score (nSPS) is 12.5. The fourth-order valence-corrected chi connectivity index (χ4v) is 1.50. The van der Waals surface area contributed by atoms with E-state index in [2.05, 4.69) is 16.9 Å². The van der Waals surface area contributed by atoms with Gasteiger partial charge in [0.2, 0.25) is 0 Å². The van der Waals surface area contributed by atoms with E-state index in [-0.39, 0.29) is 5.56 Å². The fourth-order valence-electron chi connectivity index (χ4n) is 1.50. The zero-order valence-electron chi connectivity index (χ0n) is 13.2. The first-order valence-electron chi connectivity index (χ1n) is 6.85. The Labute approximate surface area is 131 Å². The summed E-state index contributed by atoms with van der Waals surface area (Å²) in [4.78, 5) is 10.8. The van der Waals surface area contributed by atoms with Gasteiger partial charge in [-0.2, -0.15) is 5.11 Å². The van der Waals surface area contributed by atoms with Crippen molar-refractivity contribution < 1.29 is 9.90 Å². The van der Waals surface area contributed by atoms with Crippen molar-refractivity contribution in [2.24, 2.45) is 10.3 Å². The third kappa shape index (κ3) is 5.75. The summed E-state index contributed by atoms with van der Waals surface area (Å²) in [6.45, 7) is 8.15. The molecular formula is C17H21N3O2. The van der Waals surface area contributed by atoms with Gasteiger partial charge in [0.1, 0.15) is 0 Å². The summed E-state index contributed by atoms with van der Waals surface area (Å²) >= 11 is 0. The Hall–Kier alpha value is -2.69. The second kappa shape index (κ2) is 8.56. The number of carboxylic acids is 1. The lowest BCUT2D eigenvalue weighted by molar-refractivity contribution is 0.0697. The van der Waals surface area contributed by atoms with Crippen LogP contribution in [0.4, 0.5) is 5.69 Å².